The second-order valence-electron chi connectivity index (χ2n) is 7.36. The van der Waals surface area contributed by atoms with Gasteiger partial charge in [-0.3, -0.25) is 0 Å². The minimum atomic E-state index is 0.149. The van der Waals surface area contributed by atoms with Crippen LogP contribution in [0.1, 0.15) is 32.1 Å². The third-order valence-corrected chi connectivity index (χ3v) is 5.98. The first-order valence-corrected chi connectivity index (χ1v) is 8.89. The Bertz CT molecular complexity index is 803. The number of nitrogens with two attached hydrogens (primary N) is 1. The molecule has 0 unspecified atom stereocenters. The van der Waals surface area contributed by atoms with Gasteiger partial charge in [0.25, 0.3) is 10.7 Å². The molecule has 0 saturated heterocycles. The quantitative estimate of drug-likeness (QED) is 0.726. The first-order valence-electron chi connectivity index (χ1n) is 8.48. The molecule has 0 aromatic carbocycles. The number of H-pyrrole nitrogens is 1. The highest BCUT2D eigenvalue weighted by molar-refractivity contribution is 7.71. The lowest BCUT2D eigenvalue weighted by atomic mass is 9.54. The van der Waals surface area contributed by atoms with E-state index >= 15 is 0 Å². The van der Waals surface area contributed by atoms with Crippen LogP contribution < -0.4 is 11.1 Å². The lowest BCUT2D eigenvalue weighted by Gasteiger charge is -2.54. The third-order valence-electron chi connectivity index (χ3n) is 5.80. The topological polar surface area (TPSA) is 119 Å². The van der Waals surface area contributed by atoms with E-state index in [1.807, 2.05) is 0 Å². The van der Waals surface area contributed by atoms with Gasteiger partial charge in [0, 0.05) is 6.04 Å². The number of nitrogens with one attached hydrogen (secondary N) is 2. The second-order valence-corrected chi connectivity index (χ2v) is 7.73. The van der Waals surface area contributed by atoms with Crippen molar-refractivity contribution in [3.8, 4) is 11.7 Å². The molecular formula is C15H19N7OS. The summed E-state index contributed by atoms with van der Waals surface area (Å²) in [7, 11) is 0. The van der Waals surface area contributed by atoms with Gasteiger partial charge in [-0.15, -0.1) is 5.10 Å². The van der Waals surface area contributed by atoms with Gasteiger partial charge in [-0.1, -0.05) is 0 Å². The molecule has 8 nitrogen and oxygen atoms in total. The number of rotatable bonds is 3. The van der Waals surface area contributed by atoms with Crippen molar-refractivity contribution in [2.24, 2.45) is 23.7 Å². The Kier molecular flexibility index (Phi) is 3.12. The average molecular weight is 345 g/mol. The summed E-state index contributed by atoms with van der Waals surface area (Å²) < 4.78 is 5.28. The molecule has 0 radical (unpaired) electrons. The molecule has 6 rings (SSSR count). The molecule has 2 aromatic rings. The van der Waals surface area contributed by atoms with E-state index in [0.29, 0.717) is 17.8 Å². The first kappa shape index (κ1) is 14.3. The zero-order valence-electron chi connectivity index (χ0n) is 13.1. The van der Waals surface area contributed by atoms with Crippen molar-refractivity contribution in [3.63, 3.8) is 0 Å². The maximum absolute atomic E-state index is 5.85. The molecule has 4 aliphatic carbocycles. The normalized spacial score (nSPS) is 33.8. The van der Waals surface area contributed by atoms with Crippen molar-refractivity contribution in [1.82, 2.24) is 25.1 Å². The molecule has 0 atom stereocenters. The van der Waals surface area contributed by atoms with Crippen LogP contribution in [-0.2, 0) is 0 Å². The molecular weight excluding hydrogens is 326 g/mol. The van der Waals surface area contributed by atoms with Gasteiger partial charge in [0.1, 0.15) is 0 Å². The van der Waals surface area contributed by atoms with Gasteiger partial charge in [-0.2, -0.15) is 15.0 Å². The van der Waals surface area contributed by atoms with E-state index in [9.17, 15) is 0 Å². The van der Waals surface area contributed by atoms with Gasteiger partial charge in [0.2, 0.25) is 17.7 Å². The zero-order chi connectivity index (χ0) is 16.3. The van der Waals surface area contributed by atoms with Crippen molar-refractivity contribution in [3.05, 3.63) is 4.84 Å². The van der Waals surface area contributed by atoms with Gasteiger partial charge in [-0.25, -0.2) is 5.10 Å². The minimum absolute atomic E-state index is 0.149. The molecule has 9 heteroatoms. The number of nitrogen functional groups attached to an aromatic ring is 1. The summed E-state index contributed by atoms with van der Waals surface area (Å²) >= 11 is 4.90. The van der Waals surface area contributed by atoms with E-state index in [4.69, 9.17) is 22.4 Å². The number of nitrogens with zero attached hydrogens (tertiary/aromatic N) is 4. The predicted molar refractivity (Wildman–Crippen MR) is 89.4 cm³/mol. The Hall–Kier alpha value is -2.03. The summed E-state index contributed by atoms with van der Waals surface area (Å²) in [6, 6.07) is 0.429. The lowest BCUT2D eigenvalue weighted by molar-refractivity contribution is 0.00728. The molecule has 0 aliphatic heterocycles. The van der Waals surface area contributed by atoms with Crippen LogP contribution in [0.5, 0.6) is 0 Å². The molecule has 2 heterocycles. The summed E-state index contributed by atoms with van der Waals surface area (Å²) in [5.41, 5.74) is 5.85. The molecule has 4 saturated carbocycles. The highest BCUT2D eigenvalue weighted by Crippen LogP contribution is 2.54. The summed E-state index contributed by atoms with van der Waals surface area (Å²) in [6.45, 7) is 0. The molecule has 2 aromatic heterocycles. The lowest BCUT2D eigenvalue weighted by Crippen LogP contribution is -2.51. The van der Waals surface area contributed by atoms with Gasteiger partial charge in [0.15, 0.2) is 0 Å². The number of anilines is 2. The van der Waals surface area contributed by atoms with Crippen molar-refractivity contribution in [1.29, 1.82) is 0 Å². The second kappa shape index (κ2) is 5.23. The molecule has 4 N–H and O–H groups in total. The van der Waals surface area contributed by atoms with Crippen LogP contribution in [0.3, 0.4) is 0 Å². The van der Waals surface area contributed by atoms with Crippen LogP contribution in [0.25, 0.3) is 11.7 Å². The molecule has 0 amide bonds. The molecule has 4 fully saturated rings. The van der Waals surface area contributed by atoms with Crippen LogP contribution in [0.2, 0.25) is 0 Å². The molecule has 126 valence electrons. The maximum Gasteiger partial charge on any atom is 0.284 e. The predicted octanol–water partition coefficient (Wildman–Crippen LogP) is 2.40. The first-order chi connectivity index (χ1) is 11.6. The minimum Gasteiger partial charge on any atom is -0.406 e. The number of hydrogen-bond donors (Lipinski definition) is 3. The highest BCUT2D eigenvalue weighted by atomic mass is 32.1. The SMILES string of the molecule is Nc1nc(NC2C3CC4CC(C3)CC2C4)nc(-c2n[nH]c(=S)o2)n1. The molecule has 4 aliphatic rings. The molecule has 24 heavy (non-hydrogen) atoms. The fraction of sp³-hybridized carbons (Fsp3) is 0.667. The van der Waals surface area contributed by atoms with Gasteiger partial charge >= 0.3 is 0 Å². The average Bonchev–Trinajstić information content (AvgIpc) is 2.96. The highest BCUT2D eigenvalue weighted by Gasteiger charge is 2.48. The van der Waals surface area contributed by atoms with Crippen molar-refractivity contribution in [2.45, 2.75) is 38.1 Å². The number of aromatic nitrogens is 5. The van der Waals surface area contributed by atoms with E-state index in [0.717, 1.165) is 23.7 Å². The fourth-order valence-electron chi connectivity index (χ4n) is 5.19. The van der Waals surface area contributed by atoms with Crippen LogP contribution >= 0.6 is 12.2 Å². The van der Waals surface area contributed by atoms with Crippen molar-refractivity contribution in [2.75, 3.05) is 11.1 Å². The van der Waals surface area contributed by atoms with E-state index in [-0.39, 0.29) is 16.7 Å². The zero-order valence-corrected chi connectivity index (χ0v) is 13.9. The van der Waals surface area contributed by atoms with E-state index in [1.165, 1.54) is 32.1 Å². The van der Waals surface area contributed by atoms with Gasteiger partial charge in [-0.05, 0) is 68.0 Å². The summed E-state index contributed by atoms with van der Waals surface area (Å²) in [5, 5.41) is 10.1. The van der Waals surface area contributed by atoms with E-state index in [1.54, 1.807) is 0 Å². The van der Waals surface area contributed by atoms with Crippen LogP contribution in [0, 0.1) is 28.5 Å². The van der Waals surface area contributed by atoms with Crippen LogP contribution in [0.15, 0.2) is 4.42 Å². The number of hydrogen-bond acceptors (Lipinski definition) is 8. The van der Waals surface area contributed by atoms with Gasteiger partial charge in [0.05, 0.1) is 0 Å². The Balaban J connectivity index is 1.43. The summed E-state index contributed by atoms with van der Waals surface area (Å²) in [5.74, 6) is 4.46. The van der Waals surface area contributed by atoms with Crippen molar-refractivity contribution >= 4 is 24.1 Å². The molecule has 0 spiro atoms. The monoisotopic (exact) mass is 345 g/mol. The van der Waals surface area contributed by atoms with E-state index in [2.05, 4.69) is 30.5 Å². The Morgan fingerprint density at radius 1 is 1.04 bits per heavy atom. The standard InChI is InChI=1S/C15H19N7OS/c16-13-18-11(12-21-22-15(24)23-12)19-14(20-13)17-10-8-2-6-1-7(4-8)5-9(10)3-6/h6-10H,1-5H2,(H,22,24)(H3,16,17,18,19,20). The van der Waals surface area contributed by atoms with Crippen LogP contribution in [-0.4, -0.2) is 31.2 Å². The largest absolute Gasteiger partial charge is 0.406 e. The summed E-state index contributed by atoms with van der Waals surface area (Å²) in [6.07, 6.45) is 6.74. The smallest absolute Gasteiger partial charge is 0.284 e. The Morgan fingerprint density at radius 3 is 2.38 bits per heavy atom. The fourth-order valence-corrected chi connectivity index (χ4v) is 5.31. The number of aromatic amines is 1. The van der Waals surface area contributed by atoms with Gasteiger partial charge < -0.3 is 15.5 Å². The maximum atomic E-state index is 5.85. The third kappa shape index (κ3) is 2.38. The van der Waals surface area contributed by atoms with Crippen molar-refractivity contribution < 1.29 is 4.42 Å². The summed E-state index contributed by atoms with van der Waals surface area (Å²) in [4.78, 5) is 13.0. The van der Waals surface area contributed by atoms with Crippen LogP contribution in [0.4, 0.5) is 11.9 Å². The van der Waals surface area contributed by atoms with E-state index < -0.39 is 0 Å². The Morgan fingerprint density at radius 2 is 1.75 bits per heavy atom. The Labute approximate surface area is 143 Å². The molecule has 4 bridgehead atoms.